The van der Waals surface area contributed by atoms with Gasteiger partial charge in [-0.3, -0.25) is 18.9 Å². The number of likely N-dealkylation sites (tertiary alicyclic amines) is 1. The predicted molar refractivity (Wildman–Crippen MR) is 112 cm³/mol. The fourth-order valence-corrected chi connectivity index (χ4v) is 3.85. The van der Waals surface area contributed by atoms with Gasteiger partial charge in [0, 0.05) is 31.3 Å². The van der Waals surface area contributed by atoms with Gasteiger partial charge in [0.05, 0.1) is 5.69 Å². The minimum absolute atomic E-state index is 0.0489. The maximum Gasteiger partial charge on any atom is 0.258 e. The maximum absolute atomic E-state index is 12.5. The van der Waals surface area contributed by atoms with Crippen molar-refractivity contribution >= 4 is 11.6 Å². The molecule has 1 N–H and O–H groups in total. The first-order chi connectivity index (χ1) is 14.1. The number of carbonyl (C=O) groups excluding carboxylic acids is 1. The summed E-state index contributed by atoms with van der Waals surface area (Å²) >= 11 is 0. The molecule has 3 aromatic rings. The van der Waals surface area contributed by atoms with Crippen molar-refractivity contribution in [1.29, 1.82) is 0 Å². The highest BCUT2D eigenvalue weighted by Gasteiger charge is 2.25. The molecule has 0 bridgehead atoms. The molecule has 4 rings (SSSR count). The van der Waals surface area contributed by atoms with E-state index in [1.165, 1.54) is 0 Å². The second-order valence-electron chi connectivity index (χ2n) is 7.77. The van der Waals surface area contributed by atoms with Crippen LogP contribution in [0.5, 0.6) is 0 Å². The summed E-state index contributed by atoms with van der Waals surface area (Å²) in [6.45, 7) is 4.87. The number of hydrogen-bond donors (Lipinski definition) is 1. The molecule has 1 amide bonds. The Morgan fingerprint density at radius 3 is 2.66 bits per heavy atom. The first-order valence-electron chi connectivity index (χ1n) is 10.1. The summed E-state index contributed by atoms with van der Waals surface area (Å²) in [5.41, 5.74) is 3.61. The number of aromatic nitrogens is 2. The van der Waals surface area contributed by atoms with Crippen LogP contribution in [0.2, 0.25) is 0 Å². The lowest BCUT2D eigenvalue weighted by atomic mass is 9.95. The number of aryl methyl sites for hydroxylation is 1. The van der Waals surface area contributed by atoms with Gasteiger partial charge in [-0.15, -0.1) is 0 Å². The Bertz CT molecular complexity index is 1050. The van der Waals surface area contributed by atoms with Gasteiger partial charge in [0.25, 0.3) is 5.56 Å². The molecule has 0 spiro atoms. The van der Waals surface area contributed by atoms with Crippen molar-refractivity contribution in [3.05, 3.63) is 81.9 Å². The smallest absolute Gasteiger partial charge is 0.258 e. The van der Waals surface area contributed by atoms with Crippen molar-refractivity contribution in [2.45, 2.75) is 32.9 Å². The van der Waals surface area contributed by atoms with Crippen LogP contribution in [0.4, 0.5) is 0 Å². The fraction of sp³-hybridized carbons (Fsp3) is 0.348. The molecule has 1 aliphatic heterocycles. The fourth-order valence-electron chi connectivity index (χ4n) is 3.85. The van der Waals surface area contributed by atoms with Gasteiger partial charge in [0.15, 0.2) is 0 Å². The summed E-state index contributed by atoms with van der Waals surface area (Å²) in [6.07, 6.45) is 3.42. The molecule has 0 unspecified atom stereocenters. The largest absolute Gasteiger partial charge is 0.352 e. The first kappa shape index (κ1) is 19.3. The first-order valence-corrected chi connectivity index (χ1v) is 10.1. The molecule has 29 heavy (non-hydrogen) atoms. The number of benzene rings is 1. The molecule has 6 nitrogen and oxygen atoms in total. The Morgan fingerprint density at radius 1 is 1.14 bits per heavy atom. The van der Waals surface area contributed by atoms with Gasteiger partial charge in [0.2, 0.25) is 5.91 Å². The van der Waals surface area contributed by atoms with E-state index >= 15 is 0 Å². The number of nitrogens with one attached hydrogen (secondary N) is 1. The molecule has 3 heterocycles. The number of rotatable bonds is 5. The van der Waals surface area contributed by atoms with Crippen molar-refractivity contribution in [2.24, 2.45) is 5.92 Å². The van der Waals surface area contributed by atoms with Gasteiger partial charge in [-0.2, -0.15) is 0 Å². The molecule has 0 aliphatic carbocycles. The van der Waals surface area contributed by atoms with Crippen LogP contribution < -0.4 is 10.9 Å². The van der Waals surface area contributed by atoms with Crippen molar-refractivity contribution in [3.63, 3.8) is 0 Å². The molecule has 2 aromatic heterocycles. The van der Waals surface area contributed by atoms with Crippen LogP contribution in [0, 0.1) is 12.8 Å². The SMILES string of the molecule is Cc1ccn2c(=O)cc(CN3CCC(C(=O)NCc4ccccc4)CC3)nc2c1. The van der Waals surface area contributed by atoms with Crippen molar-refractivity contribution < 1.29 is 4.79 Å². The topological polar surface area (TPSA) is 66.7 Å². The predicted octanol–water partition coefficient (Wildman–Crippen LogP) is 2.53. The Balaban J connectivity index is 1.32. The molecule has 1 fully saturated rings. The zero-order valence-corrected chi connectivity index (χ0v) is 16.7. The Labute approximate surface area is 170 Å². The number of fused-ring (bicyclic) bond motifs is 1. The second-order valence-corrected chi connectivity index (χ2v) is 7.77. The monoisotopic (exact) mass is 390 g/mol. The van der Waals surface area contributed by atoms with Crippen LogP contribution in [0.1, 0.15) is 29.7 Å². The Kier molecular flexibility index (Phi) is 5.71. The Morgan fingerprint density at radius 2 is 1.90 bits per heavy atom. The molecule has 150 valence electrons. The number of amides is 1. The van der Waals surface area contributed by atoms with E-state index < -0.39 is 0 Å². The van der Waals surface area contributed by atoms with E-state index in [0.717, 1.165) is 42.8 Å². The molecular formula is C23H26N4O2. The van der Waals surface area contributed by atoms with Crippen LogP contribution in [0.3, 0.4) is 0 Å². The van der Waals surface area contributed by atoms with Crippen LogP contribution in [-0.2, 0) is 17.9 Å². The van der Waals surface area contributed by atoms with Gasteiger partial charge in [-0.1, -0.05) is 30.3 Å². The summed E-state index contributed by atoms with van der Waals surface area (Å²) in [7, 11) is 0. The van der Waals surface area contributed by atoms with Gasteiger partial charge >= 0.3 is 0 Å². The number of piperidine rings is 1. The summed E-state index contributed by atoms with van der Waals surface area (Å²) in [5, 5.41) is 3.05. The van der Waals surface area contributed by atoms with E-state index in [-0.39, 0.29) is 17.4 Å². The van der Waals surface area contributed by atoms with Gasteiger partial charge in [-0.05, 0) is 56.1 Å². The van der Waals surface area contributed by atoms with E-state index in [1.54, 1.807) is 16.7 Å². The van der Waals surface area contributed by atoms with E-state index in [9.17, 15) is 9.59 Å². The lowest BCUT2D eigenvalue weighted by Crippen LogP contribution is -2.40. The molecule has 6 heteroatoms. The van der Waals surface area contributed by atoms with Crippen LogP contribution >= 0.6 is 0 Å². The highest BCUT2D eigenvalue weighted by atomic mass is 16.2. The molecule has 0 saturated carbocycles. The highest BCUT2D eigenvalue weighted by Crippen LogP contribution is 2.19. The van der Waals surface area contributed by atoms with E-state index in [1.807, 2.05) is 49.4 Å². The maximum atomic E-state index is 12.5. The van der Waals surface area contributed by atoms with Gasteiger partial charge in [-0.25, -0.2) is 4.98 Å². The molecule has 1 aliphatic rings. The molecule has 1 aromatic carbocycles. The van der Waals surface area contributed by atoms with Crippen LogP contribution in [0.25, 0.3) is 5.65 Å². The molecule has 0 atom stereocenters. The van der Waals surface area contributed by atoms with Crippen LogP contribution in [0.15, 0.2) is 59.5 Å². The average Bonchev–Trinajstić information content (AvgIpc) is 2.73. The van der Waals surface area contributed by atoms with E-state index in [0.29, 0.717) is 18.7 Å². The Hall–Kier alpha value is -2.99. The minimum atomic E-state index is -0.0554. The summed E-state index contributed by atoms with van der Waals surface area (Å²) in [6, 6.07) is 15.4. The van der Waals surface area contributed by atoms with Gasteiger partial charge < -0.3 is 5.32 Å². The number of nitrogens with zero attached hydrogens (tertiary/aromatic N) is 3. The third-order valence-electron chi connectivity index (χ3n) is 5.53. The van der Waals surface area contributed by atoms with Crippen molar-refractivity contribution in [1.82, 2.24) is 19.6 Å². The van der Waals surface area contributed by atoms with Crippen LogP contribution in [-0.4, -0.2) is 33.3 Å². The van der Waals surface area contributed by atoms with Crippen molar-refractivity contribution in [3.8, 4) is 0 Å². The van der Waals surface area contributed by atoms with Crippen molar-refractivity contribution in [2.75, 3.05) is 13.1 Å². The zero-order chi connectivity index (χ0) is 20.2. The molecular weight excluding hydrogens is 364 g/mol. The van der Waals surface area contributed by atoms with Gasteiger partial charge in [0.1, 0.15) is 5.65 Å². The highest BCUT2D eigenvalue weighted by molar-refractivity contribution is 5.78. The van der Waals surface area contributed by atoms with E-state index in [4.69, 9.17) is 0 Å². The lowest BCUT2D eigenvalue weighted by Gasteiger charge is -2.31. The molecule has 1 saturated heterocycles. The zero-order valence-electron chi connectivity index (χ0n) is 16.7. The third kappa shape index (κ3) is 4.71. The standard InChI is InChI=1S/C23H26N4O2/c1-17-7-12-27-21(13-17)25-20(14-22(27)28)16-26-10-8-19(9-11-26)23(29)24-15-18-5-3-2-4-6-18/h2-7,12-14,19H,8-11,15-16H2,1H3,(H,24,29). The number of carbonyl (C=O) groups is 1. The summed E-state index contributed by atoms with van der Waals surface area (Å²) in [5.74, 6) is 0.179. The normalized spacial score (nSPS) is 15.5. The summed E-state index contributed by atoms with van der Waals surface area (Å²) < 4.78 is 1.57. The average molecular weight is 390 g/mol. The van der Waals surface area contributed by atoms with E-state index in [2.05, 4.69) is 15.2 Å². The second kappa shape index (κ2) is 8.57. The third-order valence-corrected chi connectivity index (χ3v) is 5.53. The molecule has 0 radical (unpaired) electrons. The lowest BCUT2D eigenvalue weighted by molar-refractivity contribution is -0.126. The number of hydrogen-bond acceptors (Lipinski definition) is 4. The minimum Gasteiger partial charge on any atom is -0.352 e. The number of pyridine rings is 1. The summed E-state index contributed by atoms with van der Waals surface area (Å²) in [4.78, 5) is 31.7. The quantitative estimate of drug-likeness (QED) is 0.727.